The molecule has 2 atom stereocenters. The minimum atomic E-state index is -2.96. The molecular weight excluding hydrogens is 326 g/mol. The number of β-amino-alcohol motifs (C(OH)–C–C–N with tert-alkyl or cyclic N) is 1. The number of hydrogen-bond donors (Lipinski definition) is 3. The van der Waals surface area contributed by atoms with Crippen LogP contribution in [-0.4, -0.2) is 43.4 Å². The third-order valence-electron chi connectivity index (χ3n) is 3.07. The number of aryl methyl sites for hydroxylation is 1. The Kier molecular flexibility index (Phi) is 6.79. The molecule has 0 spiro atoms. The molecule has 3 N–H and O–H groups in total. The molecule has 5 nitrogen and oxygen atoms in total. The Balaban J connectivity index is 0.00000220. The van der Waals surface area contributed by atoms with Gasteiger partial charge in [-0.1, -0.05) is 0 Å². The first-order valence-electron chi connectivity index (χ1n) is 6.19. The number of rotatable bonds is 5. The topological polar surface area (TPSA) is 70.6 Å². The highest BCUT2D eigenvalue weighted by molar-refractivity contribution is 7.14. The van der Waals surface area contributed by atoms with E-state index in [2.05, 4.69) is 15.4 Å². The van der Waals surface area contributed by atoms with Crippen LogP contribution in [0.4, 0.5) is 8.78 Å². The van der Waals surface area contributed by atoms with Crippen molar-refractivity contribution in [3.63, 3.8) is 0 Å². The number of hydrogen-bond acceptors (Lipinski definition) is 5. The van der Waals surface area contributed by atoms with Crippen LogP contribution in [-0.2, 0) is 0 Å². The van der Waals surface area contributed by atoms with Crippen LogP contribution >= 0.6 is 23.7 Å². The zero-order valence-electron chi connectivity index (χ0n) is 11.3. The summed E-state index contributed by atoms with van der Waals surface area (Å²) in [6.45, 7) is 0.156. The smallest absolute Gasteiger partial charge is 0.387 e. The lowest BCUT2D eigenvalue weighted by Gasteiger charge is -2.14. The van der Waals surface area contributed by atoms with E-state index in [1.54, 1.807) is 6.92 Å². The van der Waals surface area contributed by atoms with E-state index in [1.165, 1.54) is 6.07 Å². The molecule has 2 rings (SSSR count). The second-order valence-corrected chi connectivity index (χ2v) is 5.88. The van der Waals surface area contributed by atoms with Crippen molar-refractivity contribution in [2.75, 3.05) is 19.6 Å². The summed E-state index contributed by atoms with van der Waals surface area (Å²) in [5, 5.41) is 15.3. The minimum Gasteiger partial charge on any atom is -0.433 e. The highest BCUT2D eigenvalue weighted by Crippen LogP contribution is 2.30. The molecular formula is C12H17ClF2N2O3S. The van der Waals surface area contributed by atoms with E-state index in [9.17, 15) is 18.7 Å². The quantitative estimate of drug-likeness (QED) is 0.756. The van der Waals surface area contributed by atoms with Crippen molar-refractivity contribution in [3.8, 4) is 5.75 Å². The Bertz CT molecular complexity index is 487. The van der Waals surface area contributed by atoms with Gasteiger partial charge in [-0.15, -0.1) is 23.7 Å². The zero-order valence-corrected chi connectivity index (χ0v) is 12.9. The molecule has 2 unspecified atom stereocenters. The molecule has 0 radical (unpaired) electrons. The van der Waals surface area contributed by atoms with Crippen LogP contribution in [0.5, 0.6) is 5.75 Å². The molecule has 1 fully saturated rings. The molecule has 1 aliphatic heterocycles. The van der Waals surface area contributed by atoms with Crippen LogP contribution in [0.25, 0.3) is 0 Å². The van der Waals surface area contributed by atoms with Crippen LogP contribution in [0.3, 0.4) is 0 Å². The number of amides is 1. The van der Waals surface area contributed by atoms with Crippen molar-refractivity contribution in [2.24, 2.45) is 5.92 Å². The van der Waals surface area contributed by atoms with Gasteiger partial charge in [0.1, 0.15) is 10.6 Å². The maximum absolute atomic E-state index is 12.3. The number of carbonyl (C=O) groups is 1. The van der Waals surface area contributed by atoms with E-state index >= 15 is 0 Å². The van der Waals surface area contributed by atoms with Crippen molar-refractivity contribution in [1.29, 1.82) is 0 Å². The number of carbonyl (C=O) groups excluding carboxylic acids is 1. The monoisotopic (exact) mass is 342 g/mol. The van der Waals surface area contributed by atoms with Crippen molar-refractivity contribution in [2.45, 2.75) is 19.6 Å². The highest BCUT2D eigenvalue weighted by Gasteiger charge is 2.26. The fraction of sp³-hybridized carbons (Fsp3) is 0.583. The van der Waals surface area contributed by atoms with Gasteiger partial charge in [-0.3, -0.25) is 4.79 Å². The molecule has 1 amide bonds. The van der Waals surface area contributed by atoms with Crippen LogP contribution in [0, 0.1) is 12.8 Å². The van der Waals surface area contributed by atoms with Gasteiger partial charge in [-0.2, -0.15) is 8.78 Å². The van der Waals surface area contributed by atoms with Gasteiger partial charge in [0.05, 0.1) is 6.10 Å². The number of halogens is 3. The zero-order chi connectivity index (χ0) is 14.7. The standard InChI is InChI=1S/C12H16F2N2O3S.ClH/c1-6-2-9(19-12(13)14)10(20-6)11(18)16-4-7-3-15-5-8(7)17;/h2,7-8,12,15,17H,3-5H2,1H3,(H,16,18);1H. The molecule has 9 heteroatoms. The second kappa shape index (κ2) is 7.88. The number of ether oxygens (including phenoxy) is 1. The van der Waals surface area contributed by atoms with Crippen molar-refractivity contribution in [1.82, 2.24) is 10.6 Å². The Morgan fingerprint density at radius 3 is 2.90 bits per heavy atom. The van der Waals surface area contributed by atoms with E-state index in [-0.39, 0.29) is 35.5 Å². The Labute approximate surface area is 131 Å². The molecule has 1 saturated heterocycles. The molecule has 1 aliphatic rings. The van der Waals surface area contributed by atoms with Gasteiger partial charge in [0.2, 0.25) is 0 Å². The number of aliphatic hydroxyl groups excluding tert-OH is 1. The number of aliphatic hydroxyl groups is 1. The summed E-state index contributed by atoms with van der Waals surface area (Å²) in [5.41, 5.74) is 0. The summed E-state index contributed by atoms with van der Waals surface area (Å²) in [7, 11) is 0. The van der Waals surface area contributed by atoms with Crippen molar-refractivity contribution >= 4 is 29.7 Å². The third-order valence-corrected chi connectivity index (χ3v) is 4.10. The summed E-state index contributed by atoms with van der Waals surface area (Å²) < 4.78 is 28.9. The van der Waals surface area contributed by atoms with Crippen LogP contribution < -0.4 is 15.4 Å². The molecule has 0 aliphatic carbocycles. The molecule has 1 aromatic heterocycles. The normalized spacial score (nSPS) is 21.2. The van der Waals surface area contributed by atoms with Crippen molar-refractivity contribution < 1.29 is 23.4 Å². The molecule has 120 valence electrons. The van der Waals surface area contributed by atoms with E-state index in [1.807, 2.05) is 0 Å². The summed E-state index contributed by atoms with van der Waals surface area (Å²) in [6, 6.07) is 1.41. The molecule has 0 bridgehead atoms. The SMILES string of the molecule is Cc1cc(OC(F)F)c(C(=O)NCC2CNCC2O)s1.Cl. The molecule has 1 aromatic rings. The predicted molar refractivity (Wildman–Crippen MR) is 77.6 cm³/mol. The molecule has 2 heterocycles. The summed E-state index contributed by atoms with van der Waals surface area (Å²) in [5.74, 6) is -0.637. The lowest BCUT2D eigenvalue weighted by Crippen LogP contribution is -2.34. The van der Waals surface area contributed by atoms with E-state index in [4.69, 9.17) is 0 Å². The summed E-state index contributed by atoms with van der Waals surface area (Å²) >= 11 is 1.10. The van der Waals surface area contributed by atoms with Gasteiger partial charge < -0.3 is 20.5 Å². The van der Waals surface area contributed by atoms with E-state index in [0.717, 1.165) is 11.3 Å². The number of alkyl halides is 2. The first-order valence-corrected chi connectivity index (χ1v) is 7.01. The van der Waals surface area contributed by atoms with Gasteiger partial charge in [0.25, 0.3) is 5.91 Å². The van der Waals surface area contributed by atoms with Gasteiger partial charge in [-0.25, -0.2) is 0 Å². The first kappa shape index (κ1) is 18.1. The van der Waals surface area contributed by atoms with Crippen LogP contribution in [0.1, 0.15) is 14.5 Å². The molecule has 0 aromatic carbocycles. The fourth-order valence-corrected chi connectivity index (χ4v) is 2.92. The van der Waals surface area contributed by atoms with E-state index in [0.29, 0.717) is 18.0 Å². The van der Waals surface area contributed by atoms with Crippen LogP contribution in [0.15, 0.2) is 6.07 Å². The van der Waals surface area contributed by atoms with Crippen LogP contribution in [0.2, 0.25) is 0 Å². The lowest BCUT2D eigenvalue weighted by atomic mass is 10.1. The second-order valence-electron chi connectivity index (χ2n) is 4.62. The minimum absolute atomic E-state index is 0. The maximum atomic E-state index is 12.3. The summed E-state index contributed by atoms with van der Waals surface area (Å²) in [6.07, 6.45) is -0.503. The third kappa shape index (κ3) is 4.77. The Morgan fingerprint density at radius 1 is 1.62 bits per heavy atom. The molecule has 21 heavy (non-hydrogen) atoms. The average molecular weight is 343 g/mol. The van der Waals surface area contributed by atoms with Gasteiger partial charge in [0.15, 0.2) is 0 Å². The number of thiophene rings is 1. The van der Waals surface area contributed by atoms with E-state index < -0.39 is 18.6 Å². The van der Waals surface area contributed by atoms with Gasteiger partial charge >= 0.3 is 6.61 Å². The average Bonchev–Trinajstić information content (AvgIpc) is 2.92. The Morgan fingerprint density at radius 2 is 2.33 bits per heavy atom. The predicted octanol–water partition coefficient (Wildman–Crippen LogP) is 1.39. The fourth-order valence-electron chi connectivity index (χ4n) is 2.06. The summed E-state index contributed by atoms with van der Waals surface area (Å²) in [4.78, 5) is 12.8. The Hall–Kier alpha value is -0.960. The highest BCUT2D eigenvalue weighted by atomic mass is 35.5. The molecule has 0 saturated carbocycles. The largest absolute Gasteiger partial charge is 0.433 e. The van der Waals surface area contributed by atoms with Crippen molar-refractivity contribution in [3.05, 3.63) is 15.8 Å². The van der Waals surface area contributed by atoms with Gasteiger partial charge in [-0.05, 0) is 13.0 Å². The number of nitrogens with one attached hydrogen (secondary N) is 2. The maximum Gasteiger partial charge on any atom is 0.387 e. The lowest BCUT2D eigenvalue weighted by molar-refractivity contribution is -0.0498. The first-order chi connectivity index (χ1) is 9.47. The van der Waals surface area contributed by atoms with Gasteiger partial charge in [0, 0.05) is 30.4 Å².